The molecule has 3 aromatic rings. The van der Waals surface area contributed by atoms with Crippen molar-refractivity contribution in [2.45, 2.75) is 38.3 Å². The van der Waals surface area contributed by atoms with Crippen molar-refractivity contribution in [3.63, 3.8) is 0 Å². The van der Waals surface area contributed by atoms with Crippen LogP contribution in [0.3, 0.4) is 0 Å². The van der Waals surface area contributed by atoms with E-state index in [1.54, 1.807) is 31.0 Å². The van der Waals surface area contributed by atoms with Gasteiger partial charge < -0.3 is 14.5 Å². The molecule has 2 heterocycles. The number of carbonyl (C=O) groups excluding carboxylic acids is 2. The number of likely N-dealkylation sites (N-methyl/N-ethyl adjacent to an activating group) is 1. The quantitative estimate of drug-likeness (QED) is 0.428. The number of nitrogens with zero attached hydrogens (tertiary/aromatic N) is 2. The molecule has 1 fully saturated rings. The van der Waals surface area contributed by atoms with Crippen LogP contribution in [0, 0.1) is 11.7 Å². The van der Waals surface area contributed by atoms with Gasteiger partial charge in [-0.15, -0.1) is 0 Å². The number of halogens is 1. The number of thiophene rings is 1. The molecule has 4 rings (SSSR count). The van der Waals surface area contributed by atoms with Crippen molar-refractivity contribution >= 4 is 23.2 Å². The lowest BCUT2D eigenvalue weighted by Gasteiger charge is -2.40. The fourth-order valence-electron chi connectivity index (χ4n) is 4.76. The van der Waals surface area contributed by atoms with E-state index in [2.05, 4.69) is 0 Å². The van der Waals surface area contributed by atoms with Gasteiger partial charge in [0.05, 0.1) is 5.56 Å². The summed E-state index contributed by atoms with van der Waals surface area (Å²) in [5.74, 6) is 0.461. The highest BCUT2D eigenvalue weighted by Crippen LogP contribution is 2.29. The first-order chi connectivity index (χ1) is 16.9. The third kappa shape index (κ3) is 6.09. The van der Waals surface area contributed by atoms with Crippen LogP contribution in [0.25, 0.3) is 0 Å². The highest BCUT2D eigenvalue weighted by Gasteiger charge is 2.34. The van der Waals surface area contributed by atoms with Crippen LogP contribution >= 0.6 is 11.3 Å². The zero-order chi connectivity index (χ0) is 24.8. The van der Waals surface area contributed by atoms with Gasteiger partial charge in [0.2, 0.25) is 0 Å². The minimum Gasteiger partial charge on any atom is -0.481 e. The van der Waals surface area contributed by atoms with Crippen LogP contribution < -0.4 is 4.74 Å². The number of ether oxygens (including phenoxy) is 1. The summed E-state index contributed by atoms with van der Waals surface area (Å²) in [6.45, 7) is 2.94. The van der Waals surface area contributed by atoms with Crippen molar-refractivity contribution in [2.24, 2.45) is 5.92 Å². The third-order valence-electron chi connectivity index (χ3n) is 6.77. The molecule has 1 saturated heterocycles. The lowest BCUT2D eigenvalue weighted by Crippen LogP contribution is -2.50. The van der Waals surface area contributed by atoms with Gasteiger partial charge in [0.1, 0.15) is 11.6 Å². The van der Waals surface area contributed by atoms with E-state index in [9.17, 15) is 14.0 Å². The molecule has 35 heavy (non-hydrogen) atoms. The number of rotatable bonds is 8. The summed E-state index contributed by atoms with van der Waals surface area (Å²) >= 11 is 1.48. The largest absolute Gasteiger partial charge is 0.481 e. The summed E-state index contributed by atoms with van der Waals surface area (Å²) in [6, 6.07) is 17.7. The molecule has 7 heteroatoms. The molecule has 2 amide bonds. The molecular formula is C28H31FN2O3S. The van der Waals surface area contributed by atoms with E-state index in [-0.39, 0.29) is 29.6 Å². The first-order valence-corrected chi connectivity index (χ1v) is 12.9. The monoisotopic (exact) mass is 494 g/mol. The van der Waals surface area contributed by atoms with E-state index in [0.717, 1.165) is 12.8 Å². The summed E-state index contributed by atoms with van der Waals surface area (Å²) in [4.78, 5) is 29.8. The number of likely N-dealkylation sites (tertiary alicyclic amines) is 1. The molecule has 2 atom stereocenters. The van der Waals surface area contributed by atoms with Crippen molar-refractivity contribution in [3.05, 3.63) is 88.4 Å². The highest BCUT2D eigenvalue weighted by atomic mass is 32.1. The summed E-state index contributed by atoms with van der Waals surface area (Å²) < 4.78 is 20.3. The number of para-hydroxylation sites is 1. The minimum atomic E-state index is -0.578. The predicted octanol–water partition coefficient (Wildman–Crippen LogP) is 5.28. The van der Waals surface area contributed by atoms with Gasteiger partial charge >= 0.3 is 0 Å². The summed E-state index contributed by atoms with van der Waals surface area (Å²) in [7, 11) is 1.80. The lowest BCUT2D eigenvalue weighted by atomic mass is 9.84. The topological polar surface area (TPSA) is 49.9 Å². The highest BCUT2D eigenvalue weighted by molar-refractivity contribution is 7.08. The summed E-state index contributed by atoms with van der Waals surface area (Å²) in [5.41, 5.74) is 1.25. The molecule has 1 aliphatic rings. The summed E-state index contributed by atoms with van der Waals surface area (Å²) in [6.07, 6.45) is 1.34. The Labute approximate surface area is 210 Å². The first-order valence-electron chi connectivity index (χ1n) is 12.0. The number of carbonyl (C=O) groups is 2. The Kier molecular flexibility index (Phi) is 8.18. The maximum atomic E-state index is 14.5. The zero-order valence-electron chi connectivity index (χ0n) is 20.1. The molecule has 0 radical (unpaired) electrons. The van der Waals surface area contributed by atoms with Crippen molar-refractivity contribution in [2.75, 3.05) is 20.1 Å². The molecule has 0 bridgehead atoms. The first kappa shape index (κ1) is 24.9. The Bertz CT molecular complexity index is 1110. The average molecular weight is 495 g/mol. The van der Waals surface area contributed by atoms with Gasteiger partial charge in [-0.1, -0.05) is 36.4 Å². The Balaban J connectivity index is 1.44. The molecule has 2 aromatic carbocycles. The van der Waals surface area contributed by atoms with Crippen molar-refractivity contribution in [1.82, 2.24) is 9.80 Å². The SMILES string of the molecule is C[C@@H](Oc1ccccc1)C(=O)N1CCC([C@H](Cc2ccccc2F)N(C)C(=O)c2ccsc2)CC1. The molecule has 0 spiro atoms. The van der Waals surface area contributed by atoms with Crippen molar-refractivity contribution < 1.29 is 18.7 Å². The second kappa shape index (κ2) is 11.5. The standard InChI is InChI=1S/C28H31FN2O3S/c1-20(34-24-9-4-3-5-10-24)27(32)31-15-12-21(13-16-31)26(18-22-8-6-7-11-25(22)29)30(2)28(33)23-14-17-35-19-23/h3-11,14,17,19-21,26H,12-13,15-16,18H2,1-2H3/t20-,26+/m1/s1. The van der Waals surface area contributed by atoms with Crippen LogP contribution in [0.1, 0.15) is 35.7 Å². The van der Waals surface area contributed by atoms with Gasteiger partial charge in [-0.2, -0.15) is 11.3 Å². The van der Waals surface area contributed by atoms with Crippen LogP contribution in [0.2, 0.25) is 0 Å². The minimum absolute atomic E-state index is 0.0411. The van der Waals surface area contributed by atoms with Crippen LogP contribution in [-0.4, -0.2) is 53.9 Å². The number of hydrogen-bond acceptors (Lipinski definition) is 4. The van der Waals surface area contributed by atoms with Crippen LogP contribution in [-0.2, 0) is 11.2 Å². The Hall–Kier alpha value is -3.19. The van der Waals surface area contributed by atoms with Crippen LogP contribution in [0.15, 0.2) is 71.4 Å². The van der Waals surface area contributed by atoms with Gasteiger partial charge in [-0.3, -0.25) is 9.59 Å². The molecule has 0 N–H and O–H groups in total. The molecule has 0 saturated carbocycles. The number of hydrogen-bond donors (Lipinski definition) is 0. The second-order valence-electron chi connectivity index (χ2n) is 9.03. The van der Waals surface area contributed by atoms with E-state index in [1.165, 1.54) is 17.4 Å². The molecule has 1 aliphatic heterocycles. The molecule has 5 nitrogen and oxygen atoms in total. The maximum Gasteiger partial charge on any atom is 0.263 e. The molecular weight excluding hydrogens is 463 g/mol. The zero-order valence-corrected chi connectivity index (χ0v) is 20.9. The second-order valence-corrected chi connectivity index (χ2v) is 9.81. The molecule has 184 valence electrons. The molecule has 0 aliphatic carbocycles. The van der Waals surface area contributed by atoms with Gasteiger partial charge in [-0.25, -0.2) is 4.39 Å². The smallest absolute Gasteiger partial charge is 0.263 e. The Morgan fingerprint density at radius 1 is 1.09 bits per heavy atom. The van der Waals surface area contributed by atoms with E-state index in [4.69, 9.17) is 4.74 Å². The Morgan fingerprint density at radius 3 is 2.43 bits per heavy atom. The van der Waals surface area contributed by atoms with E-state index in [0.29, 0.717) is 36.4 Å². The van der Waals surface area contributed by atoms with Gasteiger partial charge in [0.25, 0.3) is 11.8 Å². The van der Waals surface area contributed by atoms with Crippen molar-refractivity contribution in [1.29, 1.82) is 0 Å². The number of benzene rings is 2. The van der Waals surface area contributed by atoms with Gasteiger partial charge in [0, 0.05) is 31.6 Å². The van der Waals surface area contributed by atoms with E-state index >= 15 is 0 Å². The molecule has 0 unspecified atom stereocenters. The molecule has 1 aromatic heterocycles. The van der Waals surface area contributed by atoms with Gasteiger partial charge in [0.15, 0.2) is 6.10 Å². The fourth-order valence-corrected chi connectivity index (χ4v) is 5.39. The normalized spacial score (nSPS) is 15.9. The van der Waals surface area contributed by atoms with Crippen LogP contribution in [0.5, 0.6) is 5.75 Å². The predicted molar refractivity (Wildman–Crippen MR) is 136 cm³/mol. The van der Waals surface area contributed by atoms with Gasteiger partial charge in [-0.05, 0) is 67.3 Å². The maximum absolute atomic E-state index is 14.5. The lowest BCUT2D eigenvalue weighted by molar-refractivity contribution is -0.139. The summed E-state index contributed by atoms with van der Waals surface area (Å²) in [5, 5.41) is 3.73. The fraction of sp³-hybridized carbons (Fsp3) is 0.357. The van der Waals surface area contributed by atoms with E-state index < -0.39 is 6.10 Å². The van der Waals surface area contributed by atoms with Crippen LogP contribution in [0.4, 0.5) is 4.39 Å². The average Bonchev–Trinajstić information content (AvgIpc) is 3.43. The number of amides is 2. The van der Waals surface area contributed by atoms with E-state index in [1.807, 2.05) is 58.1 Å². The number of piperidine rings is 1. The third-order valence-corrected chi connectivity index (χ3v) is 7.46. The van der Waals surface area contributed by atoms with Crippen molar-refractivity contribution in [3.8, 4) is 5.75 Å². The Morgan fingerprint density at radius 2 is 1.77 bits per heavy atom.